The Morgan fingerprint density at radius 3 is 2.48 bits per heavy atom. The number of anilines is 1. The first-order valence-corrected chi connectivity index (χ1v) is 15.4. The largest absolute Gasteiger partial charge is 0.390 e. The number of carbonyl (C=O) groups is 2. The molecule has 5 aliphatic rings. The first-order valence-electron chi connectivity index (χ1n) is 13.5. The topological polar surface area (TPSA) is 121 Å². The Balaban J connectivity index is 1.41. The standard InChI is InChI=1S/C29H33F2NO7S/c1-26-9-8-18(34)11-22(26)23(30)12-21-20-10-16-14-32(17-4-6-19(7-5-17)40(3,37)38)39-29(16,25(36)15-33)27(20,2)13-24(35)28(21,26)31/h4-9,11,16,20-21,23-24,33,35H,10,12-15H2,1-3H3/t16-,20-,21-,23-,24-,26-,27-,28-,29-/m0/s1. The van der Waals surface area contributed by atoms with Crippen LogP contribution in [0, 0.1) is 28.6 Å². The number of aliphatic hydroxyl groups excluding tert-OH is 2. The lowest BCUT2D eigenvalue weighted by atomic mass is 9.44. The molecule has 1 heterocycles. The molecule has 40 heavy (non-hydrogen) atoms. The van der Waals surface area contributed by atoms with Crippen LogP contribution in [0.4, 0.5) is 14.5 Å². The van der Waals surface area contributed by atoms with Crippen molar-refractivity contribution in [2.24, 2.45) is 28.6 Å². The van der Waals surface area contributed by atoms with E-state index in [2.05, 4.69) is 0 Å². The number of aliphatic hydroxyl groups is 2. The Hall–Kier alpha value is -2.47. The van der Waals surface area contributed by atoms with Crippen LogP contribution in [0.3, 0.4) is 0 Å². The number of benzene rings is 1. The van der Waals surface area contributed by atoms with Gasteiger partial charge in [-0.25, -0.2) is 17.2 Å². The highest BCUT2D eigenvalue weighted by Crippen LogP contribution is 2.72. The molecule has 2 N–H and O–H groups in total. The molecule has 8 nitrogen and oxygen atoms in total. The van der Waals surface area contributed by atoms with Crippen molar-refractivity contribution in [3.05, 3.63) is 48.1 Å². The fraction of sp³-hybridized carbons (Fsp3) is 0.586. The van der Waals surface area contributed by atoms with E-state index in [0.717, 1.165) is 12.3 Å². The van der Waals surface area contributed by atoms with Gasteiger partial charge in [0, 0.05) is 28.9 Å². The Kier molecular flexibility index (Phi) is 5.90. The first kappa shape index (κ1) is 27.7. The molecule has 0 bridgehead atoms. The van der Waals surface area contributed by atoms with Gasteiger partial charge >= 0.3 is 0 Å². The summed E-state index contributed by atoms with van der Waals surface area (Å²) < 4.78 is 57.0. The Morgan fingerprint density at radius 2 is 1.85 bits per heavy atom. The van der Waals surface area contributed by atoms with E-state index >= 15 is 8.78 Å². The maximum atomic E-state index is 17.4. The highest BCUT2D eigenvalue weighted by atomic mass is 32.2. The van der Waals surface area contributed by atoms with Crippen molar-refractivity contribution in [1.29, 1.82) is 0 Å². The number of carbonyl (C=O) groups excluding carboxylic acids is 2. The van der Waals surface area contributed by atoms with Gasteiger partial charge in [-0.1, -0.05) is 13.0 Å². The molecule has 1 saturated heterocycles. The second-order valence-electron chi connectivity index (χ2n) is 12.5. The molecule has 1 aromatic carbocycles. The molecule has 216 valence electrons. The summed E-state index contributed by atoms with van der Waals surface area (Å²) in [7, 11) is -3.43. The van der Waals surface area contributed by atoms with Gasteiger partial charge in [-0.3, -0.25) is 19.5 Å². The van der Waals surface area contributed by atoms with Crippen LogP contribution in [0.1, 0.15) is 33.1 Å². The third kappa shape index (κ3) is 3.29. The summed E-state index contributed by atoms with van der Waals surface area (Å²) in [4.78, 5) is 32.2. The second-order valence-corrected chi connectivity index (χ2v) is 14.5. The van der Waals surface area contributed by atoms with Crippen LogP contribution >= 0.6 is 0 Å². The van der Waals surface area contributed by atoms with Crippen molar-refractivity contribution in [1.82, 2.24) is 0 Å². The van der Waals surface area contributed by atoms with Crippen LogP contribution in [-0.4, -0.2) is 73.2 Å². The van der Waals surface area contributed by atoms with E-state index in [1.807, 2.05) is 0 Å². The molecule has 11 heteroatoms. The van der Waals surface area contributed by atoms with Crippen molar-refractivity contribution in [3.63, 3.8) is 0 Å². The summed E-state index contributed by atoms with van der Waals surface area (Å²) in [6.07, 6.45) is 1.51. The number of nitrogens with zero attached hydrogens (tertiary/aromatic N) is 1. The number of rotatable bonds is 4. The second kappa shape index (κ2) is 8.53. The predicted octanol–water partition coefficient (Wildman–Crippen LogP) is 2.69. The van der Waals surface area contributed by atoms with Gasteiger partial charge in [0.25, 0.3) is 0 Å². The third-order valence-corrected chi connectivity index (χ3v) is 11.9. The van der Waals surface area contributed by atoms with Crippen LogP contribution in [0.15, 0.2) is 53.0 Å². The van der Waals surface area contributed by atoms with Gasteiger partial charge in [0.05, 0.1) is 23.2 Å². The van der Waals surface area contributed by atoms with Crippen LogP contribution < -0.4 is 5.06 Å². The molecule has 0 amide bonds. The van der Waals surface area contributed by atoms with Crippen LogP contribution in [0.5, 0.6) is 0 Å². The van der Waals surface area contributed by atoms with Gasteiger partial charge in [-0.2, -0.15) is 0 Å². The molecule has 6 rings (SSSR count). The first-order chi connectivity index (χ1) is 18.6. The summed E-state index contributed by atoms with van der Waals surface area (Å²) >= 11 is 0. The molecule has 0 unspecified atom stereocenters. The lowest BCUT2D eigenvalue weighted by Gasteiger charge is -2.63. The third-order valence-electron chi connectivity index (χ3n) is 10.7. The van der Waals surface area contributed by atoms with Gasteiger partial charge in [-0.05, 0) is 74.1 Å². The zero-order valence-corrected chi connectivity index (χ0v) is 23.3. The van der Waals surface area contributed by atoms with E-state index in [4.69, 9.17) is 4.84 Å². The zero-order chi connectivity index (χ0) is 29.0. The molecular formula is C29H33F2NO7S. The molecule has 0 radical (unpaired) electrons. The summed E-state index contributed by atoms with van der Waals surface area (Å²) in [5.74, 6) is -3.06. The average Bonchev–Trinajstić information content (AvgIpc) is 3.39. The van der Waals surface area contributed by atoms with E-state index in [0.29, 0.717) is 12.1 Å². The number of halogens is 2. The van der Waals surface area contributed by atoms with Gasteiger partial charge in [0.1, 0.15) is 12.8 Å². The minimum absolute atomic E-state index is 0.0284. The molecule has 9 atom stereocenters. The smallest absolute Gasteiger partial charge is 0.193 e. The van der Waals surface area contributed by atoms with E-state index in [1.165, 1.54) is 36.3 Å². The molecule has 0 aromatic heterocycles. The summed E-state index contributed by atoms with van der Waals surface area (Å²) in [6.45, 7) is 2.65. The SMILES string of the molecule is C[C@]12C=CC(=O)C=C1[C@@H](F)C[C@H]1[C@@H]3C[C@H]4CN(c5ccc(S(C)(=O)=O)cc5)O[C@@]4(C(=O)CO)[C@@]3(C)C[C@H](O)[C@@]12F. The number of hydrogen-bond donors (Lipinski definition) is 2. The Labute approximate surface area is 231 Å². The number of hydroxylamine groups is 1. The zero-order valence-electron chi connectivity index (χ0n) is 22.5. The number of hydrogen-bond acceptors (Lipinski definition) is 8. The molecule has 4 fully saturated rings. The number of sulfone groups is 1. The maximum absolute atomic E-state index is 17.4. The summed E-state index contributed by atoms with van der Waals surface area (Å²) in [5.41, 5.74) is -6.05. The van der Waals surface area contributed by atoms with Crippen molar-refractivity contribution in [2.45, 2.75) is 61.6 Å². The molecule has 4 aliphatic carbocycles. The van der Waals surface area contributed by atoms with Gasteiger partial charge in [0.15, 0.2) is 32.7 Å². The minimum atomic E-state index is -3.43. The van der Waals surface area contributed by atoms with E-state index < -0.39 is 80.1 Å². The molecule has 0 spiro atoms. The van der Waals surface area contributed by atoms with Crippen molar-refractivity contribution < 1.29 is 41.8 Å². The Morgan fingerprint density at radius 1 is 1.18 bits per heavy atom. The van der Waals surface area contributed by atoms with E-state index in [9.17, 15) is 28.2 Å². The molecule has 1 aromatic rings. The molecular weight excluding hydrogens is 544 g/mol. The van der Waals surface area contributed by atoms with Crippen LogP contribution in [0.25, 0.3) is 0 Å². The highest BCUT2D eigenvalue weighted by Gasteiger charge is 2.79. The number of Topliss-reactive ketones (excluding diaryl/α,β-unsaturated/α-hetero) is 1. The quantitative estimate of drug-likeness (QED) is 0.561. The van der Waals surface area contributed by atoms with Crippen LogP contribution in [0.2, 0.25) is 0 Å². The lowest BCUT2D eigenvalue weighted by molar-refractivity contribution is -0.228. The maximum Gasteiger partial charge on any atom is 0.193 e. The fourth-order valence-electron chi connectivity index (χ4n) is 8.88. The number of fused-ring (bicyclic) bond motifs is 7. The number of alkyl halides is 2. The van der Waals surface area contributed by atoms with Gasteiger partial charge in [-0.15, -0.1) is 0 Å². The Bertz CT molecular complexity index is 1460. The van der Waals surface area contributed by atoms with E-state index in [1.54, 1.807) is 19.1 Å². The number of ketones is 2. The van der Waals surface area contributed by atoms with Crippen LogP contribution in [-0.2, 0) is 24.3 Å². The summed E-state index contributed by atoms with van der Waals surface area (Å²) in [6, 6.07) is 6.01. The minimum Gasteiger partial charge on any atom is -0.390 e. The average molecular weight is 578 g/mol. The van der Waals surface area contributed by atoms with Gasteiger partial charge in [0.2, 0.25) is 0 Å². The van der Waals surface area contributed by atoms with Crippen molar-refractivity contribution in [2.75, 3.05) is 24.5 Å². The molecule has 3 saturated carbocycles. The van der Waals surface area contributed by atoms with Crippen molar-refractivity contribution in [3.8, 4) is 0 Å². The summed E-state index contributed by atoms with van der Waals surface area (Å²) in [5, 5.41) is 23.1. The number of allylic oxidation sites excluding steroid dienone is 4. The van der Waals surface area contributed by atoms with E-state index in [-0.39, 0.29) is 29.9 Å². The monoisotopic (exact) mass is 577 g/mol. The lowest BCUT2D eigenvalue weighted by Crippen LogP contribution is -2.70. The van der Waals surface area contributed by atoms with Gasteiger partial charge < -0.3 is 10.2 Å². The highest BCUT2D eigenvalue weighted by molar-refractivity contribution is 7.90. The normalized spacial score (nSPS) is 44.0. The predicted molar refractivity (Wildman–Crippen MR) is 140 cm³/mol. The fourth-order valence-corrected chi connectivity index (χ4v) is 9.51. The van der Waals surface area contributed by atoms with Crippen molar-refractivity contribution >= 4 is 27.1 Å². The molecule has 1 aliphatic heterocycles.